The van der Waals surface area contributed by atoms with Gasteiger partial charge in [0.25, 0.3) is 0 Å². The van der Waals surface area contributed by atoms with Gasteiger partial charge in [-0.15, -0.1) is 0 Å². The van der Waals surface area contributed by atoms with Gasteiger partial charge < -0.3 is 10.2 Å². The average Bonchev–Trinajstić information content (AvgIpc) is 2.74. The molecule has 2 rings (SSSR count). The van der Waals surface area contributed by atoms with Gasteiger partial charge in [-0.25, -0.2) is 0 Å². The number of nitrogens with zero attached hydrogens (tertiary/aromatic N) is 1. The molecule has 2 aromatic rings. The van der Waals surface area contributed by atoms with Crippen molar-refractivity contribution in [1.29, 1.82) is 0 Å². The van der Waals surface area contributed by atoms with Crippen molar-refractivity contribution in [1.82, 2.24) is 10.2 Å². The molecule has 1 atom stereocenters. The van der Waals surface area contributed by atoms with Crippen molar-refractivity contribution in [2.24, 2.45) is 0 Å². The molecule has 0 aliphatic rings. The van der Waals surface area contributed by atoms with Gasteiger partial charge in [0.05, 0.1) is 0 Å². The molecule has 0 aromatic heterocycles. The zero-order valence-corrected chi connectivity index (χ0v) is 20.2. The molecule has 168 valence electrons. The van der Waals surface area contributed by atoms with Crippen LogP contribution in [0.5, 0.6) is 0 Å². The lowest BCUT2D eigenvalue weighted by molar-refractivity contribution is -0.141. The summed E-state index contributed by atoms with van der Waals surface area (Å²) < 4.78 is 0. The predicted molar refractivity (Wildman–Crippen MR) is 129 cm³/mol. The maximum Gasteiger partial charge on any atom is 0.242 e. The highest BCUT2D eigenvalue weighted by Gasteiger charge is 2.28. The molecule has 7 heteroatoms. The third-order valence-corrected chi connectivity index (χ3v) is 6.09. The molecule has 0 bridgehead atoms. The predicted octanol–water partition coefficient (Wildman–Crippen LogP) is 6.30. The van der Waals surface area contributed by atoms with Crippen molar-refractivity contribution in [3.8, 4) is 0 Å². The Kier molecular flexibility index (Phi) is 10.7. The topological polar surface area (TPSA) is 49.4 Å². The van der Waals surface area contributed by atoms with Crippen LogP contribution < -0.4 is 5.32 Å². The normalized spacial score (nSPS) is 11.8. The zero-order valence-electron chi connectivity index (χ0n) is 18.0. The molecule has 0 saturated carbocycles. The van der Waals surface area contributed by atoms with Crippen molar-refractivity contribution in [3.63, 3.8) is 0 Å². The number of halogens is 3. The van der Waals surface area contributed by atoms with Crippen molar-refractivity contribution >= 4 is 46.6 Å². The molecule has 2 amide bonds. The molecular formula is C24H29Cl3N2O2. The first-order valence-electron chi connectivity index (χ1n) is 10.6. The molecule has 0 fully saturated rings. The second-order valence-electron chi connectivity index (χ2n) is 7.42. The monoisotopic (exact) mass is 482 g/mol. The van der Waals surface area contributed by atoms with Crippen LogP contribution in [0.3, 0.4) is 0 Å². The Balaban J connectivity index is 2.23. The lowest BCUT2D eigenvalue weighted by atomic mass is 10.1. The van der Waals surface area contributed by atoms with E-state index in [-0.39, 0.29) is 24.8 Å². The van der Waals surface area contributed by atoms with Crippen LogP contribution in [0.2, 0.25) is 15.1 Å². The summed E-state index contributed by atoms with van der Waals surface area (Å²) in [6, 6.07) is 12.1. The Hall–Kier alpha value is -1.75. The second kappa shape index (κ2) is 12.9. The molecule has 1 unspecified atom stereocenters. The Morgan fingerprint density at radius 2 is 1.74 bits per heavy atom. The van der Waals surface area contributed by atoms with E-state index < -0.39 is 6.04 Å². The fourth-order valence-corrected chi connectivity index (χ4v) is 4.04. The summed E-state index contributed by atoms with van der Waals surface area (Å²) in [5.41, 5.74) is 1.65. The van der Waals surface area contributed by atoms with Crippen LogP contribution in [0.1, 0.15) is 50.7 Å². The van der Waals surface area contributed by atoms with Crippen LogP contribution in [0, 0.1) is 0 Å². The quantitative estimate of drug-likeness (QED) is 0.381. The van der Waals surface area contributed by atoms with Gasteiger partial charge in [-0.2, -0.15) is 0 Å². The number of rotatable bonds is 11. The number of hydrogen-bond donors (Lipinski definition) is 1. The van der Waals surface area contributed by atoms with Gasteiger partial charge in [-0.05, 0) is 48.6 Å². The number of hydrogen-bond acceptors (Lipinski definition) is 2. The molecular weight excluding hydrogens is 455 g/mol. The van der Waals surface area contributed by atoms with Crippen molar-refractivity contribution in [3.05, 3.63) is 68.7 Å². The molecule has 0 aliphatic heterocycles. The van der Waals surface area contributed by atoms with Gasteiger partial charge >= 0.3 is 0 Å². The second-order valence-corrected chi connectivity index (χ2v) is 8.67. The van der Waals surface area contributed by atoms with Gasteiger partial charge in [0.1, 0.15) is 6.04 Å². The molecule has 4 nitrogen and oxygen atoms in total. The van der Waals surface area contributed by atoms with Crippen LogP contribution in [0.25, 0.3) is 0 Å². The summed E-state index contributed by atoms with van der Waals surface area (Å²) in [7, 11) is 0. The Morgan fingerprint density at radius 3 is 2.39 bits per heavy atom. The minimum Gasteiger partial charge on any atom is -0.354 e. The summed E-state index contributed by atoms with van der Waals surface area (Å²) in [5, 5.41) is 4.58. The van der Waals surface area contributed by atoms with E-state index in [0.29, 0.717) is 34.5 Å². The molecule has 2 aromatic carbocycles. The lowest BCUT2D eigenvalue weighted by Gasteiger charge is -2.31. The molecule has 0 heterocycles. The third-order valence-electron chi connectivity index (χ3n) is 5.14. The lowest BCUT2D eigenvalue weighted by Crippen LogP contribution is -2.49. The molecule has 0 saturated heterocycles. The number of benzene rings is 2. The van der Waals surface area contributed by atoms with E-state index >= 15 is 0 Å². The number of nitrogens with one attached hydrogen (secondary N) is 1. The maximum absolute atomic E-state index is 13.3. The van der Waals surface area contributed by atoms with E-state index in [9.17, 15) is 9.59 Å². The van der Waals surface area contributed by atoms with Crippen LogP contribution in [-0.4, -0.2) is 29.3 Å². The van der Waals surface area contributed by atoms with Crippen molar-refractivity contribution < 1.29 is 9.59 Å². The van der Waals surface area contributed by atoms with Crippen molar-refractivity contribution in [2.75, 3.05) is 6.54 Å². The van der Waals surface area contributed by atoms with Crippen LogP contribution in [0.4, 0.5) is 0 Å². The van der Waals surface area contributed by atoms with Gasteiger partial charge in [-0.3, -0.25) is 9.59 Å². The van der Waals surface area contributed by atoms with Gasteiger partial charge in [0.2, 0.25) is 11.8 Å². The van der Waals surface area contributed by atoms with Gasteiger partial charge in [0, 0.05) is 34.6 Å². The Morgan fingerprint density at radius 1 is 1.00 bits per heavy atom. The van der Waals surface area contributed by atoms with E-state index in [2.05, 4.69) is 12.2 Å². The summed E-state index contributed by atoms with van der Waals surface area (Å²) in [5.74, 6) is -0.268. The fraction of sp³-hybridized carbons (Fsp3) is 0.417. The van der Waals surface area contributed by atoms with Crippen LogP contribution in [0.15, 0.2) is 42.5 Å². The van der Waals surface area contributed by atoms with Crippen molar-refractivity contribution in [2.45, 2.75) is 58.5 Å². The van der Waals surface area contributed by atoms with Crippen LogP contribution in [-0.2, 0) is 22.6 Å². The first-order chi connectivity index (χ1) is 14.9. The van der Waals surface area contributed by atoms with E-state index in [1.807, 2.05) is 31.2 Å². The molecule has 0 spiro atoms. The summed E-state index contributed by atoms with van der Waals surface area (Å²) >= 11 is 18.6. The number of carbonyl (C=O) groups is 2. The average molecular weight is 484 g/mol. The highest BCUT2D eigenvalue weighted by atomic mass is 35.5. The highest BCUT2D eigenvalue weighted by molar-refractivity contribution is 6.35. The van der Waals surface area contributed by atoms with E-state index in [1.165, 1.54) is 0 Å². The van der Waals surface area contributed by atoms with Crippen LogP contribution >= 0.6 is 34.8 Å². The summed E-state index contributed by atoms with van der Waals surface area (Å²) in [6.07, 6.45) is 3.12. The molecule has 0 aliphatic carbocycles. The molecule has 0 radical (unpaired) electrons. The SMILES string of the molecule is CCCCNC(=O)C(CC)N(Cc1ccc(Cl)cc1Cl)C(=O)CCc1ccccc1Cl. The Labute approximate surface area is 199 Å². The third kappa shape index (κ3) is 7.71. The maximum atomic E-state index is 13.3. The highest BCUT2D eigenvalue weighted by Crippen LogP contribution is 2.25. The summed E-state index contributed by atoms with van der Waals surface area (Å²) in [6.45, 7) is 4.80. The smallest absolute Gasteiger partial charge is 0.242 e. The fourth-order valence-electron chi connectivity index (χ4n) is 3.35. The zero-order chi connectivity index (χ0) is 22.8. The Bertz CT molecular complexity index is 889. The minimum absolute atomic E-state index is 0.122. The first kappa shape index (κ1) is 25.5. The number of aryl methyl sites for hydroxylation is 1. The van der Waals surface area contributed by atoms with E-state index in [0.717, 1.165) is 24.0 Å². The first-order valence-corrected chi connectivity index (χ1v) is 11.7. The minimum atomic E-state index is -0.581. The van der Waals surface area contributed by atoms with E-state index in [1.54, 1.807) is 23.1 Å². The molecule has 1 N–H and O–H groups in total. The standard InChI is InChI=1S/C24H29Cl3N2O2/c1-3-5-14-28-24(31)22(4-2)29(16-18-10-12-19(25)15-21(18)27)23(30)13-11-17-8-6-7-9-20(17)26/h6-10,12,15,22H,3-5,11,13-14,16H2,1-2H3,(H,28,31). The summed E-state index contributed by atoms with van der Waals surface area (Å²) in [4.78, 5) is 27.8. The van der Waals surface area contributed by atoms with Gasteiger partial charge in [0.15, 0.2) is 0 Å². The van der Waals surface area contributed by atoms with Gasteiger partial charge in [-0.1, -0.05) is 79.3 Å². The molecule has 31 heavy (non-hydrogen) atoms. The number of amides is 2. The number of carbonyl (C=O) groups excluding carboxylic acids is 2. The van der Waals surface area contributed by atoms with E-state index in [4.69, 9.17) is 34.8 Å². The largest absolute Gasteiger partial charge is 0.354 e. The number of unbranched alkanes of at least 4 members (excludes halogenated alkanes) is 1.